The maximum atomic E-state index is 13.4. The molecule has 2 amide bonds. The van der Waals surface area contributed by atoms with E-state index < -0.39 is 7.92 Å². The Morgan fingerprint density at radius 2 is 0.902 bits per heavy atom. The molecule has 0 aromatic heterocycles. The number of amides is 2. The van der Waals surface area contributed by atoms with Crippen LogP contribution in [0.4, 0.5) is 11.4 Å². The smallest absolute Gasteiger partial charge is 0.251 e. The first kappa shape index (κ1) is 27.6. The average Bonchev–Trinajstić information content (AvgIpc) is 3.01. The highest BCUT2D eigenvalue weighted by molar-refractivity contribution is 7.79. The van der Waals surface area contributed by atoms with Crippen molar-refractivity contribution >= 4 is 47.0 Å². The molecule has 0 saturated carbocycles. The SMILES string of the molecule is Nc1ccc(CNC(=O)c2cc(C(=O)NCc3ccc(N)cc3)cc(P(c3ccccc3)c3ccccc3)c2)cc1. The van der Waals surface area contributed by atoms with Crippen LogP contribution in [0.3, 0.4) is 0 Å². The summed E-state index contributed by atoms with van der Waals surface area (Å²) < 4.78 is 0. The molecular weight excluding hydrogens is 527 g/mol. The fourth-order valence-corrected chi connectivity index (χ4v) is 6.81. The Kier molecular flexibility index (Phi) is 8.73. The summed E-state index contributed by atoms with van der Waals surface area (Å²) in [5.41, 5.74) is 15.6. The predicted molar refractivity (Wildman–Crippen MR) is 169 cm³/mol. The van der Waals surface area contributed by atoms with Crippen molar-refractivity contribution in [2.24, 2.45) is 0 Å². The summed E-state index contributed by atoms with van der Waals surface area (Å²) in [6.07, 6.45) is 0. The normalized spacial score (nSPS) is 10.8. The van der Waals surface area contributed by atoms with Crippen LogP contribution >= 0.6 is 7.92 Å². The van der Waals surface area contributed by atoms with Crippen molar-refractivity contribution in [3.63, 3.8) is 0 Å². The summed E-state index contributed by atoms with van der Waals surface area (Å²) in [6.45, 7) is 0.683. The fraction of sp³-hybridized carbons (Fsp3) is 0.0588. The molecule has 6 nitrogen and oxygen atoms in total. The first-order valence-corrected chi connectivity index (χ1v) is 14.6. The highest BCUT2D eigenvalue weighted by Crippen LogP contribution is 2.33. The number of carbonyl (C=O) groups excluding carboxylic acids is 2. The predicted octanol–water partition coefficient (Wildman–Crippen LogP) is 4.47. The Bertz CT molecular complexity index is 1500. The third-order valence-electron chi connectivity index (χ3n) is 6.59. The molecule has 0 fully saturated rings. The Morgan fingerprint density at radius 3 is 1.29 bits per heavy atom. The van der Waals surface area contributed by atoms with Gasteiger partial charge in [0.25, 0.3) is 11.8 Å². The van der Waals surface area contributed by atoms with Gasteiger partial charge >= 0.3 is 0 Å². The molecular formula is C34H31N4O2P. The molecule has 0 aliphatic heterocycles. The van der Waals surface area contributed by atoms with Crippen molar-refractivity contribution in [3.05, 3.63) is 150 Å². The lowest BCUT2D eigenvalue weighted by atomic mass is 10.1. The van der Waals surface area contributed by atoms with Crippen LogP contribution in [0.25, 0.3) is 0 Å². The number of nitrogens with two attached hydrogens (primary N) is 2. The van der Waals surface area contributed by atoms with Gasteiger partial charge in [-0.3, -0.25) is 9.59 Å². The van der Waals surface area contributed by atoms with Crippen molar-refractivity contribution < 1.29 is 9.59 Å². The zero-order valence-electron chi connectivity index (χ0n) is 22.5. The average molecular weight is 559 g/mol. The van der Waals surface area contributed by atoms with Crippen molar-refractivity contribution in [1.29, 1.82) is 0 Å². The summed E-state index contributed by atoms with van der Waals surface area (Å²) in [4.78, 5) is 26.9. The molecule has 5 aromatic rings. The van der Waals surface area contributed by atoms with Gasteiger partial charge in [0, 0.05) is 35.6 Å². The zero-order valence-corrected chi connectivity index (χ0v) is 23.4. The molecule has 6 N–H and O–H groups in total. The highest BCUT2D eigenvalue weighted by atomic mass is 31.1. The third kappa shape index (κ3) is 7.18. The minimum Gasteiger partial charge on any atom is -0.399 e. The molecule has 0 heterocycles. The molecule has 0 aliphatic carbocycles. The number of nitrogens with one attached hydrogen (secondary N) is 2. The van der Waals surface area contributed by atoms with Crippen LogP contribution in [0.1, 0.15) is 31.8 Å². The first-order valence-electron chi connectivity index (χ1n) is 13.3. The molecule has 5 aromatic carbocycles. The van der Waals surface area contributed by atoms with E-state index in [0.717, 1.165) is 27.0 Å². The van der Waals surface area contributed by atoms with E-state index >= 15 is 0 Å². The van der Waals surface area contributed by atoms with Crippen molar-refractivity contribution in [2.45, 2.75) is 13.1 Å². The van der Waals surface area contributed by atoms with Gasteiger partial charge in [0.1, 0.15) is 0 Å². The second-order valence-electron chi connectivity index (χ2n) is 9.62. The van der Waals surface area contributed by atoms with Crippen molar-refractivity contribution in [2.75, 3.05) is 11.5 Å². The summed E-state index contributed by atoms with van der Waals surface area (Å²) in [7, 11) is -1.03. The van der Waals surface area contributed by atoms with Crippen LogP contribution in [-0.2, 0) is 13.1 Å². The molecule has 0 radical (unpaired) electrons. The molecule has 0 unspecified atom stereocenters. The van der Waals surface area contributed by atoms with Crippen LogP contribution in [0.5, 0.6) is 0 Å². The third-order valence-corrected chi connectivity index (χ3v) is 9.00. The molecule has 41 heavy (non-hydrogen) atoms. The van der Waals surface area contributed by atoms with Gasteiger partial charge in [-0.25, -0.2) is 0 Å². The van der Waals surface area contributed by atoms with Crippen LogP contribution in [-0.4, -0.2) is 11.8 Å². The van der Waals surface area contributed by atoms with Gasteiger partial charge in [-0.15, -0.1) is 0 Å². The van der Waals surface area contributed by atoms with E-state index in [1.807, 2.05) is 72.8 Å². The number of hydrogen-bond acceptors (Lipinski definition) is 4. The molecule has 0 aliphatic rings. The molecule has 7 heteroatoms. The number of carbonyl (C=O) groups is 2. The van der Waals surface area contributed by atoms with Gasteiger partial charge in [0.15, 0.2) is 0 Å². The Labute approximate surface area is 241 Å². The van der Waals surface area contributed by atoms with Gasteiger partial charge in [-0.1, -0.05) is 84.9 Å². The van der Waals surface area contributed by atoms with Gasteiger partial charge in [-0.05, 0) is 77.4 Å². The Balaban J connectivity index is 1.50. The second-order valence-corrected chi connectivity index (χ2v) is 11.8. The molecule has 0 atom stereocenters. The lowest BCUT2D eigenvalue weighted by Gasteiger charge is -2.21. The van der Waals surface area contributed by atoms with Crippen LogP contribution < -0.4 is 38.0 Å². The minimum absolute atomic E-state index is 0.257. The second kappa shape index (κ2) is 12.9. The number of nitrogen functional groups attached to an aromatic ring is 2. The number of anilines is 2. The lowest BCUT2D eigenvalue weighted by Crippen LogP contribution is -2.29. The van der Waals surface area contributed by atoms with E-state index in [-0.39, 0.29) is 11.8 Å². The minimum atomic E-state index is -1.03. The van der Waals surface area contributed by atoms with Gasteiger partial charge < -0.3 is 22.1 Å². The largest absolute Gasteiger partial charge is 0.399 e. The summed E-state index contributed by atoms with van der Waals surface area (Å²) >= 11 is 0. The molecule has 0 bridgehead atoms. The fourth-order valence-electron chi connectivity index (χ4n) is 4.44. The van der Waals surface area contributed by atoms with E-state index in [9.17, 15) is 9.59 Å². The van der Waals surface area contributed by atoms with Gasteiger partial charge in [0.05, 0.1) is 0 Å². The van der Waals surface area contributed by atoms with Crippen molar-refractivity contribution in [1.82, 2.24) is 10.6 Å². The summed E-state index contributed by atoms with van der Waals surface area (Å²) in [6, 6.07) is 40.6. The standard InChI is InChI=1S/C34H31N4O2P/c35-28-15-11-24(12-16-28)22-37-33(39)26-19-27(34(40)38-23-25-13-17-29(36)18-14-25)21-32(20-26)41(30-7-3-1-4-8-30)31-9-5-2-6-10-31/h1-21H,22-23,35-36H2,(H,37,39)(H,38,40). The van der Waals surface area contributed by atoms with Crippen molar-refractivity contribution in [3.8, 4) is 0 Å². The topological polar surface area (TPSA) is 110 Å². The maximum Gasteiger partial charge on any atom is 0.251 e. The zero-order chi connectivity index (χ0) is 28.6. The lowest BCUT2D eigenvalue weighted by molar-refractivity contribution is 0.0950. The maximum absolute atomic E-state index is 13.4. The first-order chi connectivity index (χ1) is 20.0. The Morgan fingerprint density at radius 1 is 0.512 bits per heavy atom. The van der Waals surface area contributed by atoms with Gasteiger partial charge in [0.2, 0.25) is 0 Å². The number of rotatable bonds is 9. The molecule has 0 saturated heterocycles. The summed E-state index contributed by atoms with van der Waals surface area (Å²) in [5.74, 6) is -0.514. The quantitative estimate of drug-likeness (QED) is 0.158. The van der Waals surface area contributed by atoms with E-state index in [0.29, 0.717) is 35.6 Å². The summed E-state index contributed by atoms with van der Waals surface area (Å²) in [5, 5.41) is 9.15. The van der Waals surface area contributed by atoms with E-state index in [1.165, 1.54) is 0 Å². The number of benzene rings is 5. The van der Waals surface area contributed by atoms with Crippen LogP contribution in [0.15, 0.2) is 127 Å². The molecule has 0 spiro atoms. The van der Waals surface area contributed by atoms with Gasteiger partial charge in [-0.2, -0.15) is 0 Å². The highest BCUT2D eigenvalue weighted by Gasteiger charge is 2.21. The Hall–Kier alpha value is -4.93. The van der Waals surface area contributed by atoms with E-state index in [1.54, 1.807) is 30.3 Å². The number of hydrogen-bond donors (Lipinski definition) is 4. The molecule has 204 valence electrons. The van der Waals surface area contributed by atoms with E-state index in [4.69, 9.17) is 11.5 Å². The monoisotopic (exact) mass is 558 g/mol. The molecule has 5 rings (SSSR count). The van der Waals surface area contributed by atoms with Crippen LogP contribution in [0.2, 0.25) is 0 Å². The van der Waals surface area contributed by atoms with E-state index in [2.05, 4.69) is 34.9 Å². The van der Waals surface area contributed by atoms with Crippen LogP contribution in [0, 0.1) is 0 Å².